The molecule has 0 N–H and O–H groups in total. The smallest absolute Gasteiger partial charge is 0.0795 e. The van der Waals surface area contributed by atoms with Gasteiger partial charge in [-0.2, -0.15) is 5.10 Å². The summed E-state index contributed by atoms with van der Waals surface area (Å²) in [5.41, 5.74) is 6.87. The molecule has 146 valence electrons. The monoisotopic (exact) mass is 393 g/mol. The molecular formula is C22H27N5S. The van der Waals surface area contributed by atoms with Gasteiger partial charge >= 0.3 is 0 Å². The number of nitrogens with zero attached hydrogens (tertiary/aromatic N) is 5. The molecule has 0 saturated carbocycles. The third kappa shape index (κ3) is 3.90. The summed E-state index contributed by atoms with van der Waals surface area (Å²) in [5.74, 6) is 0.768. The van der Waals surface area contributed by atoms with Crippen LogP contribution in [0.4, 0.5) is 0 Å². The lowest BCUT2D eigenvalue weighted by molar-refractivity contribution is 0.123. The van der Waals surface area contributed by atoms with Crippen molar-refractivity contribution in [1.29, 1.82) is 0 Å². The van der Waals surface area contributed by atoms with Gasteiger partial charge in [0.25, 0.3) is 0 Å². The van der Waals surface area contributed by atoms with Crippen LogP contribution in [-0.4, -0.2) is 50.2 Å². The maximum absolute atomic E-state index is 4.62. The molecule has 0 amide bonds. The number of piperidine rings is 1. The molecule has 1 aromatic carbocycles. The molecule has 28 heavy (non-hydrogen) atoms. The van der Waals surface area contributed by atoms with Crippen molar-refractivity contribution < 1.29 is 0 Å². The van der Waals surface area contributed by atoms with Gasteiger partial charge in [0.2, 0.25) is 0 Å². The van der Waals surface area contributed by atoms with Gasteiger partial charge in [0.1, 0.15) is 0 Å². The van der Waals surface area contributed by atoms with Crippen LogP contribution in [0.25, 0.3) is 5.69 Å². The van der Waals surface area contributed by atoms with E-state index in [0.29, 0.717) is 6.04 Å². The lowest BCUT2D eigenvalue weighted by Crippen LogP contribution is -2.43. The van der Waals surface area contributed by atoms with Crippen LogP contribution in [0.5, 0.6) is 0 Å². The van der Waals surface area contributed by atoms with Gasteiger partial charge in [0.15, 0.2) is 0 Å². The third-order valence-electron chi connectivity index (χ3n) is 6.06. The van der Waals surface area contributed by atoms with E-state index in [1.165, 1.54) is 42.8 Å². The molecule has 6 rings (SSSR count). The molecule has 0 aliphatic carbocycles. The lowest BCUT2D eigenvalue weighted by atomic mass is 9.95. The summed E-state index contributed by atoms with van der Waals surface area (Å²) in [5, 5.41) is 6.80. The maximum Gasteiger partial charge on any atom is 0.0795 e. The Bertz CT molecular complexity index is 919. The molecule has 0 unspecified atom stereocenters. The molecule has 6 heteroatoms. The summed E-state index contributed by atoms with van der Waals surface area (Å²) in [7, 11) is 0. The fraction of sp³-hybridized carbons (Fsp3) is 0.455. The minimum atomic E-state index is 0.639. The van der Waals surface area contributed by atoms with Gasteiger partial charge in [0, 0.05) is 55.9 Å². The summed E-state index contributed by atoms with van der Waals surface area (Å²) in [6.45, 7) is 7.67. The van der Waals surface area contributed by atoms with E-state index in [0.717, 1.165) is 31.2 Å². The zero-order valence-electron chi connectivity index (χ0n) is 16.4. The number of fused-ring (bicyclic) bond motifs is 4. The molecule has 2 aromatic heterocycles. The van der Waals surface area contributed by atoms with E-state index in [4.69, 9.17) is 0 Å². The van der Waals surface area contributed by atoms with E-state index in [2.05, 4.69) is 62.6 Å². The Kier molecular flexibility index (Phi) is 5.01. The molecule has 2 atom stereocenters. The zero-order valence-corrected chi connectivity index (χ0v) is 17.2. The van der Waals surface area contributed by atoms with Gasteiger partial charge in [-0.05, 0) is 43.4 Å². The van der Waals surface area contributed by atoms with Crippen LogP contribution in [0.15, 0.2) is 47.5 Å². The van der Waals surface area contributed by atoms with E-state index in [9.17, 15) is 0 Å². The number of aryl methyl sites for hydroxylation is 1. The van der Waals surface area contributed by atoms with Crippen molar-refractivity contribution >= 4 is 11.3 Å². The van der Waals surface area contributed by atoms with Crippen LogP contribution >= 0.6 is 11.3 Å². The molecule has 5 nitrogen and oxygen atoms in total. The number of rotatable bonds is 5. The Morgan fingerprint density at radius 3 is 2.96 bits per heavy atom. The average Bonchev–Trinajstić information content (AvgIpc) is 3.29. The second kappa shape index (κ2) is 7.78. The fourth-order valence-corrected chi connectivity index (χ4v) is 5.28. The molecule has 3 aliphatic heterocycles. The lowest BCUT2D eigenvalue weighted by Gasteiger charge is -2.35. The normalized spacial score (nSPS) is 23.2. The summed E-state index contributed by atoms with van der Waals surface area (Å²) >= 11 is 1.70. The summed E-state index contributed by atoms with van der Waals surface area (Å²) in [6.07, 6.45) is 6.90. The molecule has 3 fully saturated rings. The fourth-order valence-electron chi connectivity index (χ4n) is 4.73. The number of aromatic nitrogens is 3. The molecule has 0 spiro atoms. The summed E-state index contributed by atoms with van der Waals surface area (Å²) in [4.78, 5) is 9.79. The number of hydrogen-bond acceptors (Lipinski definition) is 5. The molecular weight excluding hydrogens is 366 g/mol. The maximum atomic E-state index is 4.62. The highest BCUT2D eigenvalue weighted by Gasteiger charge is 2.34. The Hall–Kier alpha value is -2.02. The van der Waals surface area contributed by atoms with E-state index in [-0.39, 0.29) is 0 Å². The van der Waals surface area contributed by atoms with Crippen molar-refractivity contribution in [1.82, 2.24) is 24.6 Å². The van der Waals surface area contributed by atoms with Gasteiger partial charge in [0.05, 0.1) is 23.1 Å². The first-order valence-electron chi connectivity index (χ1n) is 10.2. The van der Waals surface area contributed by atoms with Crippen molar-refractivity contribution in [3.63, 3.8) is 0 Å². The van der Waals surface area contributed by atoms with Crippen LogP contribution < -0.4 is 0 Å². The minimum absolute atomic E-state index is 0.639. The standard InChI is InChI=1S/C22H27N5S/c1-17-3-2-4-21(7-17)27-12-19(8-24-27)11-26-10-18-5-6-22(26)14-25(9-18)13-20-15-28-16-23-20/h2-4,7-8,12,15-16,18,22H,5-6,9-11,13-14H2,1H3/t18-,22+/m0/s1. The second-order valence-electron chi connectivity index (χ2n) is 8.33. The van der Waals surface area contributed by atoms with Gasteiger partial charge in [-0.3, -0.25) is 9.80 Å². The van der Waals surface area contributed by atoms with Crippen molar-refractivity contribution in [3.05, 3.63) is 64.4 Å². The second-order valence-corrected chi connectivity index (χ2v) is 9.05. The SMILES string of the molecule is Cc1cccc(-n2cc(CN3C[C@H]4CC[C@@H]3CN(Cc3cscn3)C4)cn2)c1. The molecule has 5 heterocycles. The van der Waals surface area contributed by atoms with Crippen molar-refractivity contribution in [2.75, 3.05) is 19.6 Å². The summed E-state index contributed by atoms with van der Waals surface area (Å²) in [6, 6.07) is 9.16. The van der Waals surface area contributed by atoms with Crippen molar-refractivity contribution in [3.8, 4) is 5.69 Å². The van der Waals surface area contributed by atoms with Crippen LogP contribution in [-0.2, 0) is 13.1 Å². The highest BCUT2D eigenvalue weighted by molar-refractivity contribution is 7.07. The first-order chi connectivity index (χ1) is 13.7. The van der Waals surface area contributed by atoms with E-state index < -0.39 is 0 Å². The van der Waals surface area contributed by atoms with Crippen LogP contribution in [0.2, 0.25) is 0 Å². The molecule has 3 aliphatic rings. The Balaban J connectivity index is 1.27. The highest BCUT2D eigenvalue weighted by atomic mass is 32.1. The quantitative estimate of drug-likeness (QED) is 0.662. The Morgan fingerprint density at radius 2 is 2.11 bits per heavy atom. The third-order valence-corrected chi connectivity index (χ3v) is 6.69. The van der Waals surface area contributed by atoms with Gasteiger partial charge < -0.3 is 0 Å². The van der Waals surface area contributed by atoms with Crippen LogP contribution in [0.3, 0.4) is 0 Å². The number of benzene rings is 1. The van der Waals surface area contributed by atoms with Crippen molar-refractivity contribution in [2.24, 2.45) is 5.92 Å². The van der Waals surface area contributed by atoms with Gasteiger partial charge in [-0.1, -0.05) is 12.1 Å². The molecule has 0 radical (unpaired) electrons. The summed E-state index contributed by atoms with van der Waals surface area (Å²) < 4.78 is 2.01. The first-order valence-corrected chi connectivity index (χ1v) is 11.1. The van der Waals surface area contributed by atoms with E-state index in [1.54, 1.807) is 11.3 Å². The minimum Gasteiger partial charge on any atom is -0.296 e. The number of hydrogen-bond donors (Lipinski definition) is 0. The molecule has 3 aromatic rings. The topological polar surface area (TPSA) is 37.2 Å². The van der Waals surface area contributed by atoms with Crippen molar-refractivity contribution in [2.45, 2.75) is 38.9 Å². The number of thiazole rings is 1. The molecule has 3 saturated heterocycles. The largest absolute Gasteiger partial charge is 0.296 e. The van der Waals surface area contributed by atoms with Crippen LogP contribution in [0, 0.1) is 12.8 Å². The Morgan fingerprint density at radius 1 is 1.14 bits per heavy atom. The van der Waals surface area contributed by atoms with E-state index in [1.807, 2.05) is 16.4 Å². The van der Waals surface area contributed by atoms with Crippen LogP contribution in [0.1, 0.15) is 29.7 Å². The zero-order chi connectivity index (χ0) is 18.9. The van der Waals surface area contributed by atoms with Gasteiger partial charge in [-0.25, -0.2) is 9.67 Å². The first kappa shape index (κ1) is 18.0. The highest BCUT2D eigenvalue weighted by Crippen LogP contribution is 2.30. The molecule has 2 bridgehead atoms. The predicted molar refractivity (Wildman–Crippen MR) is 113 cm³/mol. The van der Waals surface area contributed by atoms with Gasteiger partial charge in [-0.15, -0.1) is 11.3 Å². The van der Waals surface area contributed by atoms with E-state index >= 15 is 0 Å². The predicted octanol–water partition coefficient (Wildman–Crippen LogP) is 3.73. The average molecular weight is 394 g/mol. The Labute approximate surface area is 170 Å².